The van der Waals surface area contributed by atoms with E-state index in [4.69, 9.17) is 0 Å². The number of β-amino-alcohol motifs (C(OH)–C–C–N with tert-alkyl or cyclic N) is 1. The van der Waals surface area contributed by atoms with Crippen LogP contribution in [0, 0.1) is 0 Å². The van der Waals surface area contributed by atoms with Crippen molar-refractivity contribution < 1.29 is 5.11 Å². The van der Waals surface area contributed by atoms with Crippen molar-refractivity contribution in [1.82, 2.24) is 10.2 Å². The van der Waals surface area contributed by atoms with Crippen molar-refractivity contribution in [1.29, 1.82) is 0 Å². The molecule has 3 nitrogen and oxygen atoms in total. The molecule has 76 valence electrons. The molecule has 0 amide bonds. The average molecular weight is 184 g/mol. The molecule has 0 spiro atoms. The third-order valence-corrected chi connectivity index (χ3v) is 2.40. The van der Waals surface area contributed by atoms with Crippen molar-refractivity contribution in [2.24, 2.45) is 0 Å². The van der Waals surface area contributed by atoms with Crippen molar-refractivity contribution in [3.05, 3.63) is 12.2 Å². The molecule has 0 aromatic rings. The Balaban J connectivity index is 2.28. The minimum Gasteiger partial charge on any atom is -0.389 e. The molecule has 1 unspecified atom stereocenters. The van der Waals surface area contributed by atoms with Crippen LogP contribution in [0.25, 0.3) is 0 Å². The summed E-state index contributed by atoms with van der Waals surface area (Å²) in [6.07, 6.45) is 0.875. The molecule has 0 radical (unpaired) electrons. The Morgan fingerprint density at radius 1 is 1.69 bits per heavy atom. The fourth-order valence-corrected chi connectivity index (χ4v) is 1.80. The van der Waals surface area contributed by atoms with Crippen LogP contribution in [0.1, 0.15) is 13.3 Å². The Hall–Kier alpha value is -0.380. The van der Waals surface area contributed by atoms with Gasteiger partial charge in [0, 0.05) is 26.2 Å². The summed E-state index contributed by atoms with van der Waals surface area (Å²) in [4.78, 5) is 2.25. The summed E-state index contributed by atoms with van der Waals surface area (Å²) in [5.41, 5.74) is 0.695. The summed E-state index contributed by atoms with van der Waals surface area (Å²) in [5.74, 6) is 0. The van der Waals surface area contributed by atoms with E-state index in [9.17, 15) is 5.11 Å². The molecule has 0 aromatic heterocycles. The normalized spacial score (nSPS) is 29.5. The van der Waals surface area contributed by atoms with Crippen LogP contribution in [0.2, 0.25) is 0 Å². The summed E-state index contributed by atoms with van der Waals surface area (Å²) in [5, 5.41) is 12.8. The maximum atomic E-state index is 9.72. The van der Waals surface area contributed by atoms with Gasteiger partial charge < -0.3 is 10.4 Å². The van der Waals surface area contributed by atoms with Gasteiger partial charge in [-0.3, -0.25) is 4.90 Å². The topological polar surface area (TPSA) is 35.5 Å². The quantitative estimate of drug-likeness (QED) is 0.613. The van der Waals surface area contributed by atoms with E-state index < -0.39 is 5.60 Å². The fraction of sp³-hybridized carbons (Fsp3) is 0.800. The van der Waals surface area contributed by atoms with Crippen LogP contribution in [-0.4, -0.2) is 48.8 Å². The summed E-state index contributed by atoms with van der Waals surface area (Å²) >= 11 is 0. The standard InChI is InChI=1S/C10H20N2O/c1-9(6-11-3)7-12-5-4-10(2,13)8-12/h11,13H,1,4-8H2,2-3H3. The number of hydrogen-bond acceptors (Lipinski definition) is 3. The number of aliphatic hydroxyl groups is 1. The van der Waals surface area contributed by atoms with E-state index in [2.05, 4.69) is 16.8 Å². The maximum Gasteiger partial charge on any atom is 0.0758 e. The second-order valence-electron chi connectivity index (χ2n) is 4.24. The second kappa shape index (κ2) is 4.22. The molecule has 1 aliphatic heterocycles. The summed E-state index contributed by atoms with van der Waals surface area (Å²) in [6.45, 7) is 9.38. The summed E-state index contributed by atoms with van der Waals surface area (Å²) in [6, 6.07) is 0. The lowest BCUT2D eigenvalue weighted by atomic mass is 10.1. The van der Waals surface area contributed by atoms with Crippen molar-refractivity contribution in [3.63, 3.8) is 0 Å². The van der Waals surface area contributed by atoms with Gasteiger partial charge in [0.25, 0.3) is 0 Å². The predicted octanol–water partition coefficient (Wildman–Crippen LogP) is 0.219. The van der Waals surface area contributed by atoms with Gasteiger partial charge in [-0.2, -0.15) is 0 Å². The highest BCUT2D eigenvalue weighted by Crippen LogP contribution is 2.20. The van der Waals surface area contributed by atoms with Gasteiger partial charge in [-0.15, -0.1) is 0 Å². The molecule has 0 aliphatic carbocycles. The van der Waals surface area contributed by atoms with E-state index >= 15 is 0 Å². The van der Waals surface area contributed by atoms with E-state index in [0.29, 0.717) is 0 Å². The summed E-state index contributed by atoms with van der Waals surface area (Å²) in [7, 11) is 1.92. The zero-order chi connectivity index (χ0) is 9.90. The lowest BCUT2D eigenvalue weighted by Gasteiger charge is -2.19. The van der Waals surface area contributed by atoms with Gasteiger partial charge in [-0.25, -0.2) is 0 Å². The second-order valence-corrected chi connectivity index (χ2v) is 4.24. The molecule has 1 rings (SSSR count). The molecule has 0 aromatic carbocycles. The zero-order valence-corrected chi connectivity index (χ0v) is 8.64. The van der Waals surface area contributed by atoms with Gasteiger partial charge in [0.05, 0.1) is 5.60 Å². The van der Waals surface area contributed by atoms with Crippen LogP contribution in [0.15, 0.2) is 12.2 Å². The number of hydrogen-bond donors (Lipinski definition) is 2. The molecule has 0 saturated carbocycles. The van der Waals surface area contributed by atoms with Gasteiger partial charge in [0.2, 0.25) is 0 Å². The fourth-order valence-electron chi connectivity index (χ4n) is 1.80. The minimum atomic E-state index is -0.486. The molecule has 1 atom stereocenters. The average Bonchev–Trinajstić information content (AvgIpc) is 2.30. The van der Waals surface area contributed by atoms with Gasteiger partial charge in [0.15, 0.2) is 0 Å². The van der Waals surface area contributed by atoms with Crippen LogP contribution < -0.4 is 5.32 Å². The van der Waals surface area contributed by atoms with E-state index in [1.165, 1.54) is 5.57 Å². The first-order chi connectivity index (χ1) is 6.03. The summed E-state index contributed by atoms with van der Waals surface area (Å²) < 4.78 is 0. The largest absolute Gasteiger partial charge is 0.389 e. The Kier molecular flexibility index (Phi) is 3.47. The minimum absolute atomic E-state index is 0.486. The van der Waals surface area contributed by atoms with Crippen LogP contribution >= 0.6 is 0 Å². The lowest BCUT2D eigenvalue weighted by molar-refractivity contribution is 0.0699. The van der Waals surface area contributed by atoms with E-state index in [1.54, 1.807) is 0 Å². The first kappa shape index (κ1) is 10.7. The lowest BCUT2D eigenvalue weighted by Crippen LogP contribution is -2.31. The molecule has 3 heteroatoms. The molecule has 13 heavy (non-hydrogen) atoms. The zero-order valence-electron chi connectivity index (χ0n) is 8.64. The maximum absolute atomic E-state index is 9.72. The molecule has 1 fully saturated rings. The Morgan fingerprint density at radius 2 is 2.38 bits per heavy atom. The van der Waals surface area contributed by atoms with E-state index in [1.807, 2.05) is 14.0 Å². The molecule has 1 heterocycles. The monoisotopic (exact) mass is 184 g/mol. The highest BCUT2D eigenvalue weighted by molar-refractivity contribution is 5.01. The third-order valence-electron chi connectivity index (χ3n) is 2.40. The molecular formula is C10H20N2O. The van der Waals surface area contributed by atoms with Gasteiger partial charge in [0.1, 0.15) is 0 Å². The van der Waals surface area contributed by atoms with Crippen LogP contribution in [0.3, 0.4) is 0 Å². The smallest absolute Gasteiger partial charge is 0.0758 e. The number of likely N-dealkylation sites (N-methyl/N-ethyl adjacent to an activating group) is 1. The Labute approximate surface area is 80.4 Å². The number of nitrogens with zero attached hydrogens (tertiary/aromatic N) is 1. The van der Waals surface area contributed by atoms with E-state index in [0.717, 1.165) is 32.6 Å². The van der Waals surface area contributed by atoms with Crippen LogP contribution in [0.5, 0.6) is 0 Å². The molecular weight excluding hydrogens is 164 g/mol. The van der Waals surface area contributed by atoms with Crippen LogP contribution in [0.4, 0.5) is 0 Å². The van der Waals surface area contributed by atoms with Crippen molar-refractivity contribution in [2.75, 3.05) is 33.2 Å². The molecule has 2 N–H and O–H groups in total. The van der Waals surface area contributed by atoms with E-state index in [-0.39, 0.29) is 0 Å². The van der Waals surface area contributed by atoms with Gasteiger partial charge in [-0.05, 0) is 26.0 Å². The Bertz CT molecular complexity index is 189. The highest BCUT2D eigenvalue weighted by Gasteiger charge is 2.30. The Morgan fingerprint density at radius 3 is 2.85 bits per heavy atom. The number of likely N-dealkylation sites (tertiary alicyclic amines) is 1. The number of nitrogens with one attached hydrogen (secondary N) is 1. The van der Waals surface area contributed by atoms with Gasteiger partial charge in [-0.1, -0.05) is 6.58 Å². The molecule has 1 aliphatic rings. The molecule has 1 saturated heterocycles. The number of rotatable bonds is 4. The van der Waals surface area contributed by atoms with Crippen molar-refractivity contribution >= 4 is 0 Å². The molecule has 0 bridgehead atoms. The first-order valence-electron chi connectivity index (χ1n) is 4.79. The van der Waals surface area contributed by atoms with Gasteiger partial charge >= 0.3 is 0 Å². The first-order valence-corrected chi connectivity index (χ1v) is 4.79. The van der Waals surface area contributed by atoms with Crippen molar-refractivity contribution in [3.8, 4) is 0 Å². The third kappa shape index (κ3) is 3.46. The SMILES string of the molecule is C=C(CNC)CN1CCC(C)(O)C1. The predicted molar refractivity (Wildman–Crippen MR) is 54.7 cm³/mol. The van der Waals surface area contributed by atoms with Crippen molar-refractivity contribution in [2.45, 2.75) is 18.9 Å². The highest BCUT2D eigenvalue weighted by atomic mass is 16.3. The van der Waals surface area contributed by atoms with Crippen LogP contribution in [-0.2, 0) is 0 Å².